The van der Waals surface area contributed by atoms with Gasteiger partial charge in [0, 0.05) is 25.6 Å². The molecule has 6 heteroatoms. The van der Waals surface area contributed by atoms with Gasteiger partial charge in [-0.3, -0.25) is 9.69 Å². The fourth-order valence-electron chi connectivity index (χ4n) is 3.41. The van der Waals surface area contributed by atoms with Crippen molar-refractivity contribution >= 4 is 16.9 Å². The molecule has 0 unspecified atom stereocenters. The third-order valence-electron chi connectivity index (χ3n) is 5.00. The van der Waals surface area contributed by atoms with E-state index in [1.165, 1.54) is 11.1 Å². The van der Waals surface area contributed by atoms with Crippen LogP contribution in [-0.2, 0) is 11.2 Å². The number of likely N-dealkylation sites (tertiary alicyclic amines) is 1. The lowest BCUT2D eigenvalue weighted by Crippen LogP contribution is -2.41. The summed E-state index contributed by atoms with van der Waals surface area (Å²) in [7, 11) is 1.95. The first-order valence-electron chi connectivity index (χ1n) is 8.64. The van der Waals surface area contributed by atoms with Gasteiger partial charge in [0.05, 0.1) is 17.1 Å². The maximum Gasteiger partial charge on any atom is 0.237 e. The number of nitrogens with one attached hydrogen (secondary N) is 2. The van der Waals surface area contributed by atoms with Gasteiger partial charge >= 0.3 is 0 Å². The third kappa shape index (κ3) is 3.44. The number of amides is 1. The van der Waals surface area contributed by atoms with Crippen LogP contribution < -0.4 is 11.1 Å². The van der Waals surface area contributed by atoms with Crippen molar-refractivity contribution in [1.82, 2.24) is 20.2 Å². The number of nitrogens with zero attached hydrogens (tertiary/aromatic N) is 2. The fraction of sp³-hybridized carbons (Fsp3) is 0.556. The Bertz CT molecular complexity index is 738. The molecule has 1 aromatic heterocycles. The van der Waals surface area contributed by atoms with Crippen LogP contribution in [0.15, 0.2) is 12.1 Å². The van der Waals surface area contributed by atoms with Crippen LogP contribution in [0.1, 0.15) is 29.8 Å². The average Bonchev–Trinajstić information content (AvgIpc) is 3.10. The highest BCUT2D eigenvalue weighted by atomic mass is 16.2. The monoisotopic (exact) mass is 329 g/mol. The van der Waals surface area contributed by atoms with Gasteiger partial charge in [-0.15, -0.1) is 0 Å². The van der Waals surface area contributed by atoms with Gasteiger partial charge in [-0.1, -0.05) is 6.07 Å². The quantitative estimate of drug-likeness (QED) is 0.721. The molecule has 0 spiro atoms. The normalized spacial score (nSPS) is 21.5. The number of carbonyl (C=O) groups is 1. The van der Waals surface area contributed by atoms with E-state index in [1.54, 1.807) is 0 Å². The molecule has 0 radical (unpaired) electrons. The summed E-state index contributed by atoms with van der Waals surface area (Å²) in [5, 5.41) is 3.02. The molecule has 1 aliphatic heterocycles. The molecular weight excluding hydrogens is 302 g/mol. The smallest absolute Gasteiger partial charge is 0.237 e. The van der Waals surface area contributed by atoms with Gasteiger partial charge in [0.15, 0.2) is 0 Å². The number of H-pyrrole nitrogens is 1. The molecule has 0 aliphatic carbocycles. The van der Waals surface area contributed by atoms with Crippen molar-refractivity contribution in [1.29, 1.82) is 0 Å². The summed E-state index contributed by atoms with van der Waals surface area (Å²) in [6.07, 6.45) is 2.43. The predicted octanol–water partition coefficient (Wildman–Crippen LogP) is 1.26. The van der Waals surface area contributed by atoms with Crippen LogP contribution in [0, 0.1) is 13.8 Å². The van der Waals surface area contributed by atoms with E-state index in [2.05, 4.69) is 36.3 Å². The molecule has 1 aromatic carbocycles. The van der Waals surface area contributed by atoms with Crippen LogP contribution in [0.2, 0.25) is 0 Å². The van der Waals surface area contributed by atoms with Crippen LogP contribution in [0.4, 0.5) is 0 Å². The molecule has 1 saturated heterocycles. The van der Waals surface area contributed by atoms with E-state index in [9.17, 15) is 4.79 Å². The lowest BCUT2D eigenvalue weighted by molar-refractivity contribution is -0.125. The minimum absolute atomic E-state index is 0.0847. The van der Waals surface area contributed by atoms with Gasteiger partial charge in [-0.05, 0) is 50.9 Å². The van der Waals surface area contributed by atoms with Gasteiger partial charge in [-0.2, -0.15) is 0 Å². The summed E-state index contributed by atoms with van der Waals surface area (Å²) in [6.45, 7) is 5.65. The predicted molar refractivity (Wildman–Crippen MR) is 95.9 cm³/mol. The van der Waals surface area contributed by atoms with Gasteiger partial charge in [0.25, 0.3) is 0 Å². The summed E-state index contributed by atoms with van der Waals surface area (Å²) in [6, 6.07) is 4.21. The molecule has 2 atom stereocenters. The van der Waals surface area contributed by atoms with E-state index < -0.39 is 0 Å². The summed E-state index contributed by atoms with van der Waals surface area (Å²) in [4.78, 5) is 22.3. The lowest BCUT2D eigenvalue weighted by Gasteiger charge is -2.18. The zero-order valence-electron chi connectivity index (χ0n) is 14.7. The summed E-state index contributed by atoms with van der Waals surface area (Å²) >= 11 is 0. The molecule has 4 N–H and O–H groups in total. The first kappa shape index (κ1) is 16.9. The Morgan fingerprint density at radius 3 is 2.96 bits per heavy atom. The second-order valence-corrected chi connectivity index (χ2v) is 6.93. The fourth-order valence-corrected chi connectivity index (χ4v) is 3.41. The molecule has 1 aliphatic rings. The zero-order chi connectivity index (χ0) is 17.3. The Morgan fingerprint density at radius 1 is 1.46 bits per heavy atom. The van der Waals surface area contributed by atoms with Gasteiger partial charge < -0.3 is 16.0 Å². The Morgan fingerprint density at radius 2 is 2.25 bits per heavy atom. The van der Waals surface area contributed by atoms with Gasteiger partial charge in [-0.25, -0.2) is 4.98 Å². The van der Waals surface area contributed by atoms with Crippen molar-refractivity contribution in [2.75, 3.05) is 20.1 Å². The molecule has 24 heavy (non-hydrogen) atoms. The first-order chi connectivity index (χ1) is 11.5. The number of nitrogens with two attached hydrogens (primary N) is 1. The van der Waals surface area contributed by atoms with Crippen LogP contribution >= 0.6 is 0 Å². The van der Waals surface area contributed by atoms with E-state index >= 15 is 0 Å². The number of benzene rings is 1. The van der Waals surface area contributed by atoms with Crippen LogP contribution in [0.3, 0.4) is 0 Å². The van der Waals surface area contributed by atoms with Crippen molar-refractivity contribution in [3.05, 3.63) is 29.1 Å². The van der Waals surface area contributed by atoms with E-state index in [-0.39, 0.29) is 18.0 Å². The number of rotatable bonds is 5. The highest BCUT2D eigenvalue weighted by molar-refractivity contribution is 5.82. The standard InChI is InChI=1S/C18H27N5O/c1-11-6-7-14-17(12(11)2)22-16(21-14)5-4-8-20-18(24)15-9-13(19)10-23(15)3/h6-7,13,15H,4-5,8-10,19H2,1-3H3,(H,20,24)(H,21,22)/t13-,15-/m0/s1. The van der Waals surface area contributed by atoms with Crippen molar-refractivity contribution in [3.8, 4) is 0 Å². The average molecular weight is 329 g/mol. The zero-order valence-corrected chi connectivity index (χ0v) is 14.7. The van der Waals surface area contributed by atoms with Crippen molar-refractivity contribution in [2.24, 2.45) is 5.73 Å². The van der Waals surface area contributed by atoms with Crippen LogP contribution in [-0.4, -0.2) is 53.0 Å². The molecule has 1 amide bonds. The number of carbonyl (C=O) groups excluding carboxylic acids is 1. The summed E-state index contributed by atoms with van der Waals surface area (Å²) in [5.74, 6) is 1.06. The molecule has 1 fully saturated rings. The maximum atomic E-state index is 12.2. The molecule has 2 heterocycles. The summed E-state index contributed by atoms with van der Waals surface area (Å²) < 4.78 is 0. The molecule has 0 bridgehead atoms. The molecule has 2 aromatic rings. The van der Waals surface area contributed by atoms with Gasteiger partial charge in [0.2, 0.25) is 5.91 Å². The highest BCUT2D eigenvalue weighted by Crippen LogP contribution is 2.19. The Hall–Kier alpha value is -1.92. The van der Waals surface area contributed by atoms with Crippen LogP contribution in [0.25, 0.3) is 11.0 Å². The second kappa shape index (κ2) is 6.91. The number of likely N-dealkylation sites (N-methyl/N-ethyl adjacent to an activating group) is 1. The Balaban J connectivity index is 1.50. The Kier molecular flexibility index (Phi) is 4.87. The minimum Gasteiger partial charge on any atom is -0.355 e. The maximum absolute atomic E-state index is 12.2. The Labute approximate surface area is 142 Å². The van der Waals surface area contributed by atoms with Crippen molar-refractivity contribution in [2.45, 2.75) is 45.2 Å². The number of imidazole rings is 1. The number of aromatic nitrogens is 2. The van der Waals surface area contributed by atoms with Gasteiger partial charge in [0.1, 0.15) is 5.82 Å². The SMILES string of the molecule is Cc1ccc2[nH]c(CCCNC(=O)[C@@H]3C[C@H](N)CN3C)nc2c1C. The van der Waals surface area contributed by atoms with Crippen LogP contribution in [0.5, 0.6) is 0 Å². The highest BCUT2D eigenvalue weighted by Gasteiger charge is 2.32. The number of aryl methyl sites for hydroxylation is 3. The number of aromatic amines is 1. The van der Waals surface area contributed by atoms with E-state index in [0.29, 0.717) is 6.54 Å². The lowest BCUT2D eigenvalue weighted by atomic mass is 10.1. The topological polar surface area (TPSA) is 87.0 Å². The molecule has 6 nitrogen and oxygen atoms in total. The molecule has 0 saturated carbocycles. The molecule has 3 rings (SSSR count). The van der Waals surface area contributed by atoms with E-state index in [4.69, 9.17) is 10.7 Å². The molecule has 130 valence electrons. The largest absolute Gasteiger partial charge is 0.355 e. The third-order valence-corrected chi connectivity index (χ3v) is 5.00. The first-order valence-corrected chi connectivity index (χ1v) is 8.64. The minimum atomic E-state index is -0.0863. The summed E-state index contributed by atoms with van der Waals surface area (Å²) in [5.41, 5.74) is 10.5. The second-order valence-electron chi connectivity index (χ2n) is 6.93. The number of hydrogen-bond acceptors (Lipinski definition) is 4. The van der Waals surface area contributed by atoms with E-state index in [1.807, 2.05) is 11.9 Å². The molecular formula is C18H27N5O. The van der Waals surface area contributed by atoms with Crippen molar-refractivity contribution < 1.29 is 4.79 Å². The van der Waals surface area contributed by atoms with Crippen molar-refractivity contribution in [3.63, 3.8) is 0 Å². The number of fused-ring (bicyclic) bond motifs is 1. The number of hydrogen-bond donors (Lipinski definition) is 3. The van der Waals surface area contributed by atoms with E-state index in [0.717, 1.165) is 42.7 Å².